The number of carbonyl (C=O) groups excluding carboxylic acids is 2. The summed E-state index contributed by atoms with van der Waals surface area (Å²) in [5.41, 5.74) is 1.40. The van der Waals surface area contributed by atoms with Crippen molar-refractivity contribution in [3.8, 4) is 0 Å². The van der Waals surface area contributed by atoms with Crippen molar-refractivity contribution in [2.24, 2.45) is 0 Å². The van der Waals surface area contributed by atoms with Gasteiger partial charge in [-0.2, -0.15) is 0 Å². The quantitative estimate of drug-likeness (QED) is 0.749. The standard InChI is InChI=1S/C18H19N3O4S/c1-26(24,25)16-4-2-3-12(11-16)17(22)19-13-5-7-14(8-6-13)20-18(23)21-15-9-10-15/h2-8,11,15H,9-10H2,1H3,(H,19,22)(H2,20,21,23). The Morgan fingerprint density at radius 2 is 1.58 bits per heavy atom. The van der Waals surface area contributed by atoms with E-state index in [1.807, 2.05) is 0 Å². The summed E-state index contributed by atoms with van der Waals surface area (Å²) in [6, 6.07) is 12.5. The molecule has 3 amide bonds. The molecule has 26 heavy (non-hydrogen) atoms. The molecule has 0 unspecified atom stereocenters. The van der Waals surface area contributed by atoms with Crippen LogP contribution in [-0.2, 0) is 9.84 Å². The van der Waals surface area contributed by atoms with Crippen LogP contribution in [0.4, 0.5) is 16.2 Å². The van der Waals surface area contributed by atoms with Crippen molar-refractivity contribution in [2.45, 2.75) is 23.8 Å². The lowest BCUT2D eigenvalue weighted by Gasteiger charge is -2.09. The number of sulfone groups is 1. The maximum atomic E-state index is 12.3. The van der Waals surface area contributed by atoms with E-state index in [-0.39, 0.29) is 22.5 Å². The van der Waals surface area contributed by atoms with Crippen LogP contribution in [0.15, 0.2) is 53.4 Å². The van der Waals surface area contributed by atoms with Gasteiger partial charge in [0.25, 0.3) is 5.91 Å². The third-order valence-corrected chi connectivity index (χ3v) is 4.95. The summed E-state index contributed by atoms with van der Waals surface area (Å²) in [7, 11) is -3.38. The molecule has 2 aromatic rings. The number of hydrogen-bond acceptors (Lipinski definition) is 4. The Labute approximate surface area is 151 Å². The molecule has 0 radical (unpaired) electrons. The topological polar surface area (TPSA) is 104 Å². The van der Waals surface area contributed by atoms with Gasteiger partial charge in [-0.25, -0.2) is 13.2 Å². The van der Waals surface area contributed by atoms with Crippen LogP contribution in [-0.4, -0.2) is 32.7 Å². The minimum atomic E-state index is -3.38. The zero-order valence-electron chi connectivity index (χ0n) is 14.2. The molecule has 1 saturated carbocycles. The molecule has 3 rings (SSSR count). The van der Waals surface area contributed by atoms with Gasteiger partial charge in [0, 0.05) is 29.2 Å². The van der Waals surface area contributed by atoms with Gasteiger partial charge in [-0.05, 0) is 55.3 Å². The summed E-state index contributed by atoms with van der Waals surface area (Å²) in [5.74, 6) is -0.414. The molecule has 136 valence electrons. The number of amides is 3. The van der Waals surface area contributed by atoms with Crippen molar-refractivity contribution in [1.29, 1.82) is 0 Å². The first-order chi connectivity index (χ1) is 12.3. The minimum absolute atomic E-state index is 0.0892. The van der Waals surface area contributed by atoms with E-state index in [0.717, 1.165) is 19.1 Å². The van der Waals surface area contributed by atoms with Crippen LogP contribution >= 0.6 is 0 Å². The Kier molecular flexibility index (Phi) is 4.94. The average molecular weight is 373 g/mol. The number of anilines is 2. The highest BCUT2D eigenvalue weighted by Gasteiger charge is 2.23. The second kappa shape index (κ2) is 7.17. The summed E-state index contributed by atoms with van der Waals surface area (Å²) in [4.78, 5) is 24.1. The summed E-state index contributed by atoms with van der Waals surface area (Å²) in [6.45, 7) is 0. The second-order valence-corrected chi connectivity index (χ2v) is 8.22. The van der Waals surface area contributed by atoms with Crippen molar-refractivity contribution >= 4 is 33.2 Å². The Balaban J connectivity index is 1.63. The lowest BCUT2D eigenvalue weighted by Crippen LogP contribution is -2.30. The van der Waals surface area contributed by atoms with Gasteiger partial charge in [0.1, 0.15) is 0 Å². The second-order valence-electron chi connectivity index (χ2n) is 6.20. The predicted octanol–water partition coefficient (Wildman–Crippen LogP) is 2.63. The number of benzene rings is 2. The molecule has 8 heteroatoms. The molecule has 7 nitrogen and oxygen atoms in total. The monoisotopic (exact) mass is 373 g/mol. The Bertz CT molecular complexity index is 935. The summed E-state index contributed by atoms with van der Waals surface area (Å²) < 4.78 is 23.2. The fourth-order valence-corrected chi connectivity index (χ4v) is 2.96. The van der Waals surface area contributed by atoms with Crippen LogP contribution in [0.2, 0.25) is 0 Å². The van der Waals surface area contributed by atoms with E-state index in [9.17, 15) is 18.0 Å². The van der Waals surface area contributed by atoms with E-state index in [4.69, 9.17) is 0 Å². The third kappa shape index (κ3) is 4.82. The van der Waals surface area contributed by atoms with Gasteiger partial charge in [-0.3, -0.25) is 4.79 Å². The maximum Gasteiger partial charge on any atom is 0.319 e. The maximum absolute atomic E-state index is 12.3. The number of urea groups is 1. The van der Waals surface area contributed by atoms with E-state index < -0.39 is 15.7 Å². The molecular formula is C18H19N3O4S. The first-order valence-corrected chi connectivity index (χ1v) is 9.99. The van der Waals surface area contributed by atoms with E-state index in [1.165, 1.54) is 18.2 Å². The van der Waals surface area contributed by atoms with Crippen LogP contribution in [0.3, 0.4) is 0 Å². The smallest absolute Gasteiger partial charge is 0.319 e. The number of carbonyl (C=O) groups is 2. The lowest BCUT2D eigenvalue weighted by atomic mass is 10.2. The van der Waals surface area contributed by atoms with Gasteiger partial charge < -0.3 is 16.0 Å². The minimum Gasteiger partial charge on any atom is -0.335 e. The first kappa shape index (κ1) is 17.9. The largest absolute Gasteiger partial charge is 0.335 e. The summed E-state index contributed by atoms with van der Waals surface area (Å²) in [5, 5.41) is 8.24. The van der Waals surface area contributed by atoms with Gasteiger partial charge in [0.2, 0.25) is 0 Å². The van der Waals surface area contributed by atoms with Crippen LogP contribution < -0.4 is 16.0 Å². The van der Waals surface area contributed by atoms with Crippen LogP contribution in [0.25, 0.3) is 0 Å². The summed E-state index contributed by atoms with van der Waals surface area (Å²) in [6.07, 6.45) is 3.12. The van der Waals surface area contributed by atoms with E-state index in [2.05, 4.69) is 16.0 Å². The predicted molar refractivity (Wildman–Crippen MR) is 99.1 cm³/mol. The molecule has 3 N–H and O–H groups in total. The Morgan fingerprint density at radius 1 is 0.962 bits per heavy atom. The molecular weight excluding hydrogens is 354 g/mol. The highest BCUT2D eigenvalue weighted by Crippen LogP contribution is 2.19. The fourth-order valence-electron chi connectivity index (χ4n) is 2.29. The van der Waals surface area contributed by atoms with Gasteiger partial charge in [0.05, 0.1) is 4.90 Å². The molecule has 0 aromatic heterocycles. The van der Waals surface area contributed by atoms with Crippen molar-refractivity contribution in [2.75, 3.05) is 16.9 Å². The van der Waals surface area contributed by atoms with E-state index >= 15 is 0 Å². The highest BCUT2D eigenvalue weighted by molar-refractivity contribution is 7.90. The molecule has 0 bridgehead atoms. The Hall–Kier alpha value is -2.87. The SMILES string of the molecule is CS(=O)(=O)c1cccc(C(=O)Nc2ccc(NC(=O)NC3CC3)cc2)c1. The molecule has 2 aromatic carbocycles. The van der Waals surface area contributed by atoms with E-state index in [0.29, 0.717) is 11.4 Å². The lowest BCUT2D eigenvalue weighted by molar-refractivity contribution is 0.102. The Morgan fingerprint density at radius 3 is 2.15 bits per heavy atom. The fraction of sp³-hybridized carbons (Fsp3) is 0.222. The van der Waals surface area contributed by atoms with Crippen molar-refractivity contribution in [3.63, 3.8) is 0 Å². The zero-order valence-corrected chi connectivity index (χ0v) is 15.0. The molecule has 0 saturated heterocycles. The molecule has 0 atom stereocenters. The van der Waals surface area contributed by atoms with E-state index in [1.54, 1.807) is 30.3 Å². The van der Waals surface area contributed by atoms with Crippen LogP contribution in [0, 0.1) is 0 Å². The molecule has 0 heterocycles. The average Bonchev–Trinajstić information content (AvgIpc) is 3.40. The molecule has 0 spiro atoms. The molecule has 1 aliphatic rings. The van der Waals surface area contributed by atoms with Gasteiger partial charge in [-0.1, -0.05) is 6.07 Å². The number of rotatable bonds is 5. The van der Waals surface area contributed by atoms with Gasteiger partial charge in [-0.15, -0.1) is 0 Å². The first-order valence-electron chi connectivity index (χ1n) is 8.10. The number of nitrogens with one attached hydrogen (secondary N) is 3. The van der Waals surface area contributed by atoms with Gasteiger partial charge >= 0.3 is 6.03 Å². The third-order valence-electron chi connectivity index (χ3n) is 3.84. The number of hydrogen-bond donors (Lipinski definition) is 3. The van der Waals surface area contributed by atoms with Crippen molar-refractivity contribution in [1.82, 2.24) is 5.32 Å². The van der Waals surface area contributed by atoms with Crippen LogP contribution in [0.1, 0.15) is 23.2 Å². The summed E-state index contributed by atoms with van der Waals surface area (Å²) >= 11 is 0. The normalized spacial score (nSPS) is 13.7. The molecule has 0 aliphatic heterocycles. The van der Waals surface area contributed by atoms with Crippen molar-refractivity contribution in [3.05, 3.63) is 54.1 Å². The molecule has 1 fully saturated rings. The molecule has 1 aliphatic carbocycles. The highest BCUT2D eigenvalue weighted by atomic mass is 32.2. The van der Waals surface area contributed by atoms with Gasteiger partial charge in [0.15, 0.2) is 9.84 Å². The van der Waals surface area contributed by atoms with Crippen molar-refractivity contribution < 1.29 is 18.0 Å². The van der Waals surface area contributed by atoms with Crippen LogP contribution in [0.5, 0.6) is 0 Å². The zero-order chi connectivity index (χ0) is 18.7.